The highest BCUT2D eigenvalue weighted by Gasteiger charge is 2.18. The minimum atomic E-state index is -3.68. The van der Waals surface area contributed by atoms with Gasteiger partial charge in [-0.1, -0.05) is 0 Å². The van der Waals surface area contributed by atoms with Crippen LogP contribution < -0.4 is 10.5 Å². The van der Waals surface area contributed by atoms with Gasteiger partial charge in [0.1, 0.15) is 5.82 Å². The number of nitrogen functional groups attached to an aromatic ring is 1. The van der Waals surface area contributed by atoms with Crippen LogP contribution in [0.1, 0.15) is 18.4 Å². The SMILES string of the molecule is C#CCCCNS(=O)(=O)c1cc(N)c(F)cc1C. The fraction of sp³-hybridized carbons (Fsp3) is 0.333. The van der Waals surface area contributed by atoms with Gasteiger partial charge in [-0.25, -0.2) is 17.5 Å². The smallest absolute Gasteiger partial charge is 0.240 e. The number of terminal acetylenes is 1. The van der Waals surface area contributed by atoms with Crippen LogP contribution in [0.25, 0.3) is 0 Å². The zero-order chi connectivity index (χ0) is 13.8. The number of aryl methyl sites for hydroxylation is 1. The third-order valence-electron chi connectivity index (χ3n) is 2.37. The molecule has 0 saturated heterocycles. The molecule has 0 radical (unpaired) electrons. The molecule has 3 N–H and O–H groups in total. The van der Waals surface area contributed by atoms with Crippen molar-refractivity contribution in [1.29, 1.82) is 0 Å². The lowest BCUT2D eigenvalue weighted by molar-refractivity contribution is 0.578. The van der Waals surface area contributed by atoms with Crippen LogP contribution in [-0.2, 0) is 10.0 Å². The highest BCUT2D eigenvalue weighted by atomic mass is 32.2. The number of hydrogen-bond donors (Lipinski definition) is 2. The van der Waals surface area contributed by atoms with E-state index in [0.29, 0.717) is 18.4 Å². The molecule has 4 nitrogen and oxygen atoms in total. The minimum absolute atomic E-state index is 0.0119. The number of anilines is 1. The summed E-state index contributed by atoms with van der Waals surface area (Å²) in [5.74, 6) is 1.79. The molecule has 1 aromatic rings. The van der Waals surface area contributed by atoms with Crippen LogP contribution in [0.15, 0.2) is 17.0 Å². The average molecular weight is 270 g/mol. The Kier molecular flexibility index (Phi) is 4.70. The third-order valence-corrected chi connectivity index (χ3v) is 3.98. The lowest BCUT2D eigenvalue weighted by Crippen LogP contribution is -2.25. The predicted octanol–water partition coefficient (Wildman–Crippen LogP) is 1.41. The molecule has 0 atom stereocenters. The number of rotatable bonds is 5. The molecule has 0 unspecified atom stereocenters. The van der Waals surface area contributed by atoms with Crippen molar-refractivity contribution in [2.24, 2.45) is 0 Å². The first-order valence-electron chi connectivity index (χ1n) is 5.37. The van der Waals surface area contributed by atoms with E-state index in [-0.39, 0.29) is 17.1 Å². The van der Waals surface area contributed by atoms with E-state index in [2.05, 4.69) is 10.6 Å². The Balaban J connectivity index is 2.92. The Labute approximate surface area is 106 Å². The standard InChI is InChI=1S/C12H15FN2O2S/c1-3-4-5-6-15-18(16,17)12-8-11(14)10(13)7-9(12)2/h1,7-8,15H,4-6,14H2,2H3. The molecule has 1 aromatic carbocycles. The molecule has 0 aliphatic heterocycles. The van der Waals surface area contributed by atoms with Crippen molar-refractivity contribution in [3.05, 3.63) is 23.5 Å². The van der Waals surface area contributed by atoms with Crippen molar-refractivity contribution in [1.82, 2.24) is 4.72 Å². The number of nitrogens with one attached hydrogen (secondary N) is 1. The Morgan fingerprint density at radius 2 is 2.17 bits per heavy atom. The Hall–Kier alpha value is -1.58. The average Bonchev–Trinajstić information content (AvgIpc) is 2.29. The number of nitrogens with two attached hydrogens (primary N) is 1. The largest absolute Gasteiger partial charge is 0.396 e. The zero-order valence-corrected chi connectivity index (χ0v) is 10.8. The van der Waals surface area contributed by atoms with Crippen molar-refractivity contribution in [3.63, 3.8) is 0 Å². The fourth-order valence-electron chi connectivity index (χ4n) is 1.43. The van der Waals surface area contributed by atoms with Crippen LogP contribution in [0, 0.1) is 25.1 Å². The highest BCUT2D eigenvalue weighted by Crippen LogP contribution is 2.21. The first-order valence-corrected chi connectivity index (χ1v) is 6.85. The van der Waals surface area contributed by atoms with Crippen molar-refractivity contribution >= 4 is 15.7 Å². The topological polar surface area (TPSA) is 72.2 Å². The van der Waals surface area contributed by atoms with E-state index >= 15 is 0 Å². The second-order valence-electron chi connectivity index (χ2n) is 3.84. The molecule has 0 aliphatic rings. The van der Waals surface area contributed by atoms with Crippen LogP contribution in [0.2, 0.25) is 0 Å². The van der Waals surface area contributed by atoms with Gasteiger partial charge in [0.25, 0.3) is 0 Å². The van der Waals surface area contributed by atoms with E-state index in [4.69, 9.17) is 12.2 Å². The number of hydrogen-bond acceptors (Lipinski definition) is 3. The summed E-state index contributed by atoms with van der Waals surface area (Å²) < 4.78 is 39.4. The van der Waals surface area contributed by atoms with Crippen LogP contribution in [-0.4, -0.2) is 15.0 Å². The summed E-state index contributed by atoms with van der Waals surface area (Å²) in [6.45, 7) is 1.75. The molecular formula is C12H15FN2O2S. The number of sulfonamides is 1. The van der Waals surface area contributed by atoms with Gasteiger partial charge >= 0.3 is 0 Å². The van der Waals surface area contributed by atoms with Crippen LogP contribution >= 0.6 is 0 Å². The fourth-order valence-corrected chi connectivity index (χ4v) is 2.77. The molecule has 98 valence electrons. The zero-order valence-electron chi connectivity index (χ0n) is 10.0. The van der Waals surface area contributed by atoms with Crippen molar-refractivity contribution in [2.45, 2.75) is 24.7 Å². The molecule has 0 bridgehead atoms. The van der Waals surface area contributed by atoms with Gasteiger partial charge in [-0.3, -0.25) is 0 Å². The van der Waals surface area contributed by atoms with Gasteiger partial charge in [0.15, 0.2) is 0 Å². The quantitative estimate of drug-likeness (QED) is 0.483. The highest BCUT2D eigenvalue weighted by molar-refractivity contribution is 7.89. The van der Waals surface area contributed by atoms with Gasteiger partial charge < -0.3 is 5.73 Å². The molecule has 18 heavy (non-hydrogen) atoms. The second kappa shape index (κ2) is 5.85. The maximum atomic E-state index is 13.1. The van der Waals surface area contributed by atoms with Gasteiger partial charge in [0, 0.05) is 13.0 Å². The van der Waals surface area contributed by atoms with E-state index in [9.17, 15) is 12.8 Å². The summed E-state index contributed by atoms with van der Waals surface area (Å²) in [6, 6.07) is 2.22. The normalized spacial score (nSPS) is 11.2. The number of benzene rings is 1. The first-order chi connectivity index (χ1) is 8.38. The van der Waals surface area contributed by atoms with Gasteiger partial charge in [-0.05, 0) is 31.0 Å². The Morgan fingerprint density at radius 1 is 1.50 bits per heavy atom. The summed E-state index contributed by atoms with van der Waals surface area (Å²) in [5, 5.41) is 0. The van der Waals surface area contributed by atoms with E-state index in [1.54, 1.807) is 0 Å². The number of unbranched alkanes of at least 4 members (excludes halogenated alkanes) is 1. The lowest BCUT2D eigenvalue weighted by atomic mass is 10.2. The molecule has 0 spiro atoms. The molecule has 0 heterocycles. The van der Waals surface area contributed by atoms with Crippen LogP contribution in [0.3, 0.4) is 0 Å². The Morgan fingerprint density at radius 3 is 2.78 bits per heavy atom. The van der Waals surface area contributed by atoms with Gasteiger partial charge in [-0.15, -0.1) is 12.3 Å². The third kappa shape index (κ3) is 3.45. The lowest BCUT2D eigenvalue weighted by Gasteiger charge is -2.10. The van der Waals surface area contributed by atoms with E-state index in [0.717, 1.165) is 12.1 Å². The maximum absolute atomic E-state index is 13.1. The Bertz CT molecular complexity index is 576. The van der Waals surface area contributed by atoms with Crippen LogP contribution in [0.5, 0.6) is 0 Å². The second-order valence-corrected chi connectivity index (χ2v) is 5.58. The molecular weight excluding hydrogens is 255 g/mol. The summed E-state index contributed by atoms with van der Waals surface area (Å²) in [7, 11) is -3.68. The molecule has 0 saturated carbocycles. The maximum Gasteiger partial charge on any atom is 0.240 e. The van der Waals surface area contributed by atoms with Gasteiger partial charge in [0.05, 0.1) is 10.6 Å². The van der Waals surface area contributed by atoms with E-state index in [1.165, 1.54) is 6.92 Å². The molecule has 0 amide bonds. The predicted molar refractivity (Wildman–Crippen MR) is 68.8 cm³/mol. The first kappa shape index (κ1) is 14.5. The van der Waals surface area contributed by atoms with Crippen LogP contribution in [0.4, 0.5) is 10.1 Å². The van der Waals surface area contributed by atoms with Gasteiger partial charge in [0.2, 0.25) is 10.0 Å². The summed E-state index contributed by atoms with van der Waals surface area (Å²) in [6.07, 6.45) is 6.10. The molecule has 1 rings (SSSR count). The van der Waals surface area contributed by atoms with Crippen molar-refractivity contribution < 1.29 is 12.8 Å². The van der Waals surface area contributed by atoms with Gasteiger partial charge in [-0.2, -0.15) is 0 Å². The minimum Gasteiger partial charge on any atom is -0.396 e. The molecule has 0 aliphatic carbocycles. The summed E-state index contributed by atoms with van der Waals surface area (Å²) in [4.78, 5) is -0.0119. The number of halogens is 1. The van der Waals surface area contributed by atoms with E-state index in [1.807, 2.05) is 0 Å². The van der Waals surface area contributed by atoms with Crippen molar-refractivity contribution in [3.8, 4) is 12.3 Å². The monoisotopic (exact) mass is 270 g/mol. The summed E-state index contributed by atoms with van der Waals surface area (Å²) >= 11 is 0. The van der Waals surface area contributed by atoms with Crippen molar-refractivity contribution in [2.75, 3.05) is 12.3 Å². The summed E-state index contributed by atoms with van der Waals surface area (Å²) in [5.41, 5.74) is 5.49. The molecule has 6 heteroatoms. The molecule has 0 aromatic heterocycles. The molecule has 0 fully saturated rings. The van der Waals surface area contributed by atoms with E-state index < -0.39 is 15.8 Å².